The summed E-state index contributed by atoms with van der Waals surface area (Å²) in [4.78, 5) is 47.0. The highest BCUT2D eigenvalue weighted by Gasteiger charge is 2.31. The highest BCUT2D eigenvalue weighted by Crippen LogP contribution is 2.19. The Hall–Kier alpha value is -2.22. The van der Waals surface area contributed by atoms with Gasteiger partial charge in [-0.15, -0.1) is 0 Å². The first-order valence-electron chi connectivity index (χ1n) is 6.91. The zero-order valence-electron chi connectivity index (χ0n) is 12.4. The second-order valence-electron chi connectivity index (χ2n) is 5.04. The zero-order chi connectivity index (χ0) is 17.0. The number of nitrogens with one attached hydrogen (secondary N) is 1. The fraction of sp³-hybridized carbons (Fsp3) is 0.333. The number of carbonyl (C=O) groups excluding carboxylic acids is 4. The van der Waals surface area contributed by atoms with Crippen LogP contribution in [0.3, 0.4) is 0 Å². The molecule has 23 heavy (non-hydrogen) atoms. The van der Waals surface area contributed by atoms with Crippen LogP contribution >= 0.6 is 15.9 Å². The summed E-state index contributed by atoms with van der Waals surface area (Å²) in [6.07, 6.45) is 0.213. The van der Waals surface area contributed by atoms with Gasteiger partial charge in [0.15, 0.2) is 6.61 Å². The van der Waals surface area contributed by atoms with E-state index in [9.17, 15) is 19.2 Å². The van der Waals surface area contributed by atoms with E-state index >= 15 is 0 Å². The Bertz CT molecular complexity index is 658. The predicted octanol–water partition coefficient (Wildman–Crippen LogP) is 1.39. The van der Waals surface area contributed by atoms with Gasteiger partial charge >= 0.3 is 5.97 Å². The molecular formula is C15H15BrN2O5. The van der Waals surface area contributed by atoms with Crippen molar-refractivity contribution < 1.29 is 23.9 Å². The smallest absolute Gasteiger partial charge is 0.326 e. The molecule has 3 amide bonds. The number of carbonyl (C=O) groups is 4. The maximum absolute atomic E-state index is 11.8. The van der Waals surface area contributed by atoms with Crippen molar-refractivity contribution in [3.05, 3.63) is 28.2 Å². The molecule has 0 spiro atoms. The lowest BCUT2D eigenvalue weighted by atomic mass is 10.2. The lowest BCUT2D eigenvalue weighted by molar-refractivity contribution is -0.153. The number of aryl methyl sites for hydroxylation is 1. The minimum absolute atomic E-state index is 0.107. The zero-order valence-corrected chi connectivity index (χ0v) is 14.0. The molecule has 2 rings (SSSR count). The lowest BCUT2D eigenvalue weighted by Crippen LogP contribution is -2.36. The number of imide groups is 1. The average Bonchev–Trinajstić information content (AvgIpc) is 2.80. The molecule has 122 valence electrons. The van der Waals surface area contributed by atoms with Crippen molar-refractivity contribution in [3.8, 4) is 0 Å². The van der Waals surface area contributed by atoms with E-state index < -0.39 is 36.8 Å². The summed E-state index contributed by atoms with van der Waals surface area (Å²) in [7, 11) is 0. The van der Waals surface area contributed by atoms with E-state index in [1.807, 2.05) is 13.0 Å². The molecule has 7 nitrogen and oxygen atoms in total. The number of likely N-dealkylation sites (tertiary alicyclic amines) is 1. The van der Waals surface area contributed by atoms with E-state index in [2.05, 4.69) is 21.2 Å². The number of hydrogen-bond acceptors (Lipinski definition) is 5. The third-order valence-electron chi connectivity index (χ3n) is 3.27. The van der Waals surface area contributed by atoms with E-state index in [0.717, 1.165) is 14.9 Å². The van der Waals surface area contributed by atoms with E-state index in [0.29, 0.717) is 5.69 Å². The van der Waals surface area contributed by atoms with Gasteiger partial charge in [-0.1, -0.05) is 15.9 Å². The number of halogens is 1. The van der Waals surface area contributed by atoms with Gasteiger partial charge in [0.2, 0.25) is 11.8 Å². The molecule has 0 aliphatic carbocycles. The number of ether oxygens (including phenoxy) is 1. The van der Waals surface area contributed by atoms with Gasteiger partial charge in [0.1, 0.15) is 6.54 Å². The Kier molecular flexibility index (Phi) is 5.49. The molecule has 1 aromatic rings. The number of benzene rings is 1. The van der Waals surface area contributed by atoms with E-state index in [1.165, 1.54) is 0 Å². The Morgan fingerprint density at radius 1 is 1.26 bits per heavy atom. The van der Waals surface area contributed by atoms with Crippen molar-refractivity contribution in [1.29, 1.82) is 0 Å². The molecule has 1 heterocycles. The van der Waals surface area contributed by atoms with E-state index in [4.69, 9.17) is 4.74 Å². The Morgan fingerprint density at radius 3 is 2.52 bits per heavy atom. The van der Waals surface area contributed by atoms with Crippen molar-refractivity contribution in [1.82, 2.24) is 4.90 Å². The van der Waals surface area contributed by atoms with Gasteiger partial charge in [0, 0.05) is 23.0 Å². The van der Waals surface area contributed by atoms with Gasteiger partial charge in [-0.3, -0.25) is 24.1 Å². The Morgan fingerprint density at radius 2 is 1.91 bits per heavy atom. The molecule has 1 aliphatic heterocycles. The maximum atomic E-state index is 11.8. The average molecular weight is 383 g/mol. The first kappa shape index (κ1) is 17.1. The third kappa shape index (κ3) is 4.62. The summed E-state index contributed by atoms with van der Waals surface area (Å²) >= 11 is 3.32. The van der Waals surface area contributed by atoms with Crippen LogP contribution in [0.5, 0.6) is 0 Å². The molecule has 1 saturated heterocycles. The van der Waals surface area contributed by atoms with Crippen molar-refractivity contribution >= 4 is 45.3 Å². The first-order valence-corrected chi connectivity index (χ1v) is 7.71. The van der Waals surface area contributed by atoms with Crippen LogP contribution in [0.1, 0.15) is 18.4 Å². The van der Waals surface area contributed by atoms with Gasteiger partial charge < -0.3 is 10.1 Å². The van der Waals surface area contributed by atoms with Gasteiger partial charge in [-0.25, -0.2) is 0 Å². The molecule has 1 N–H and O–H groups in total. The van der Waals surface area contributed by atoms with Gasteiger partial charge in [-0.05, 0) is 30.7 Å². The fourth-order valence-electron chi connectivity index (χ4n) is 2.07. The van der Waals surface area contributed by atoms with Crippen molar-refractivity contribution in [2.24, 2.45) is 0 Å². The summed E-state index contributed by atoms with van der Waals surface area (Å²) in [5.41, 5.74) is 1.46. The summed E-state index contributed by atoms with van der Waals surface area (Å²) in [6, 6.07) is 5.34. The second-order valence-corrected chi connectivity index (χ2v) is 5.96. The Balaban J connectivity index is 1.81. The molecule has 0 atom stereocenters. The molecule has 1 aromatic carbocycles. The van der Waals surface area contributed by atoms with E-state index in [1.54, 1.807) is 12.1 Å². The molecule has 0 radical (unpaired) electrons. The predicted molar refractivity (Wildman–Crippen MR) is 84.4 cm³/mol. The minimum atomic E-state index is -0.795. The molecule has 0 unspecified atom stereocenters. The van der Waals surface area contributed by atoms with Gasteiger partial charge in [0.25, 0.3) is 5.91 Å². The first-order chi connectivity index (χ1) is 10.9. The quantitative estimate of drug-likeness (QED) is 0.613. The highest BCUT2D eigenvalue weighted by molar-refractivity contribution is 9.10. The van der Waals surface area contributed by atoms with Crippen LogP contribution < -0.4 is 5.32 Å². The highest BCUT2D eigenvalue weighted by atomic mass is 79.9. The van der Waals surface area contributed by atoms with Crippen LogP contribution in [0.15, 0.2) is 22.7 Å². The lowest BCUT2D eigenvalue weighted by Gasteiger charge is -2.13. The molecule has 1 fully saturated rings. The van der Waals surface area contributed by atoms with Gasteiger partial charge in [-0.2, -0.15) is 0 Å². The molecular weight excluding hydrogens is 368 g/mol. The van der Waals surface area contributed by atoms with Gasteiger partial charge in [0.05, 0.1) is 0 Å². The SMILES string of the molecule is Cc1cc(Br)ccc1NC(=O)COC(=O)CN1C(=O)CCC1=O. The summed E-state index contributed by atoms with van der Waals surface area (Å²) in [6.45, 7) is 0.893. The van der Waals surface area contributed by atoms with Crippen LogP contribution in [-0.2, 0) is 23.9 Å². The number of hydrogen-bond donors (Lipinski definition) is 1. The fourth-order valence-corrected chi connectivity index (χ4v) is 2.55. The summed E-state index contributed by atoms with van der Waals surface area (Å²) < 4.78 is 5.68. The van der Waals surface area contributed by atoms with E-state index in [-0.39, 0.29) is 12.8 Å². The monoisotopic (exact) mass is 382 g/mol. The minimum Gasteiger partial charge on any atom is -0.454 e. The molecule has 8 heteroatoms. The molecule has 0 saturated carbocycles. The number of anilines is 1. The van der Waals surface area contributed by atoms with Crippen molar-refractivity contribution in [2.75, 3.05) is 18.5 Å². The topological polar surface area (TPSA) is 92.8 Å². The van der Waals surface area contributed by atoms with Crippen LogP contribution in [0, 0.1) is 6.92 Å². The number of rotatable bonds is 5. The van der Waals surface area contributed by atoms with Crippen molar-refractivity contribution in [2.45, 2.75) is 19.8 Å². The molecule has 0 bridgehead atoms. The maximum Gasteiger partial charge on any atom is 0.326 e. The van der Waals surface area contributed by atoms with Crippen LogP contribution in [0.2, 0.25) is 0 Å². The summed E-state index contributed by atoms with van der Waals surface area (Å²) in [5, 5.41) is 2.62. The third-order valence-corrected chi connectivity index (χ3v) is 3.76. The number of esters is 1. The molecule has 0 aromatic heterocycles. The molecule has 1 aliphatic rings. The number of nitrogens with zero attached hydrogens (tertiary/aromatic N) is 1. The number of amides is 3. The summed E-state index contributed by atoms with van der Waals surface area (Å²) in [5.74, 6) is -2.09. The second kappa shape index (κ2) is 7.36. The van der Waals surface area contributed by atoms with Crippen LogP contribution in [0.25, 0.3) is 0 Å². The Labute approximate surface area is 141 Å². The normalized spacial score (nSPS) is 14.1. The largest absolute Gasteiger partial charge is 0.454 e. The standard InChI is InChI=1S/C15H15BrN2O5/c1-9-6-10(16)2-3-11(9)17-12(19)8-23-15(22)7-18-13(20)4-5-14(18)21/h2-3,6H,4-5,7-8H2,1H3,(H,17,19). The van der Waals surface area contributed by atoms with Crippen LogP contribution in [-0.4, -0.2) is 41.7 Å². The van der Waals surface area contributed by atoms with Crippen LogP contribution in [0.4, 0.5) is 5.69 Å². The van der Waals surface area contributed by atoms with Crippen molar-refractivity contribution in [3.63, 3.8) is 0 Å².